The topological polar surface area (TPSA) is 32.3 Å². The molecule has 0 amide bonds. The van der Waals surface area contributed by atoms with Crippen LogP contribution in [-0.2, 0) is 13.2 Å². The van der Waals surface area contributed by atoms with Crippen LogP contribution in [0.25, 0.3) is 0 Å². The normalized spacial score (nSPS) is 14.4. The van der Waals surface area contributed by atoms with Crippen molar-refractivity contribution in [3.8, 4) is 0 Å². The van der Waals surface area contributed by atoms with Gasteiger partial charge in [-0.25, -0.2) is 0 Å². The third kappa shape index (κ3) is 5.19. The van der Waals surface area contributed by atoms with Gasteiger partial charge in [-0.05, 0) is 29.9 Å². The monoisotopic (exact) mass is 249 g/mol. The van der Waals surface area contributed by atoms with Crippen LogP contribution in [0.2, 0.25) is 0 Å². The Morgan fingerprint density at radius 1 is 1.17 bits per heavy atom. The van der Waals surface area contributed by atoms with Gasteiger partial charge in [0.25, 0.3) is 0 Å². The standard InChI is InChI=1S/C16H27NO/c1-4-13(3)9-16(5-2)17-11-14-7-6-8-15(10-14)12-18/h6-8,10,13,16-18H,4-5,9,11-12H2,1-3H3. The molecule has 0 aliphatic carbocycles. The van der Waals surface area contributed by atoms with Crippen LogP contribution in [0, 0.1) is 5.92 Å². The number of benzene rings is 1. The lowest BCUT2D eigenvalue weighted by Gasteiger charge is -2.20. The Kier molecular flexibility index (Phi) is 6.99. The fourth-order valence-corrected chi connectivity index (χ4v) is 2.15. The second-order valence-electron chi connectivity index (χ2n) is 5.21. The molecule has 0 heterocycles. The average Bonchev–Trinajstić information content (AvgIpc) is 2.43. The first-order chi connectivity index (χ1) is 8.69. The summed E-state index contributed by atoms with van der Waals surface area (Å²) in [6, 6.07) is 8.75. The zero-order valence-electron chi connectivity index (χ0n) is 11.9. The molecule has 1 aromatic rings. The van der Waals surface area contributed by atoms with Crippen LogP contribution < -0.4 is 5.32 Å². The van der Waals surface area contributed by atoms with E-state index in [9.17, 15) is 0 Å². The largest absolute Gasteiger partial charge is 0.392 e. The number of rotatable bonds is 8. The van der Waals surface area contributed by atoms with Gasteiger partial charge >= 0.3 is 0 Å². The van der Waals surface area contributed by atoms with Crippen molar-refractivity contribution in [2.24, 2.45) is 5.92 Å². The molecule has 0 aromatic heterocycles. The van der Waals surface area contributed by atoms with Crippen molar-refractivity contribution < 1.29 is 5.11 Å². The number of nitrogens with one attached hydrogen (secondary N) is 1. The maximum atomic E-state index is 9.12. The summed E-state index contributed by atoms with van der Waals surface area (Å²) in [6.07, 6.45) is 3.66. The zero-order chi connectivity index (χ0) is 13.4. The highest BCUT2D eigenvalue weighted by Crippen LogP contribution is 2.13. The highest BCUT2D eigenvalue weighted by Gasteiger charge is 2.09. The first kappa shape index (κ1) is 15.2. The number of hydrogen-bond donors (Lipinski definition) is 2. The molecule has 0 spiro atoms. The van der Waals surface area contributed by atoms with Gasteiger partial charge in [0.1, 0.15) is 0 Å². The quantitative estimate of drug-likeness (QED) is 0.739. The fraction of sp³-hybridized carbons (Fsp3) is 0.625. The van der Waals surface area contributed by atoms with Gasteiger partial charge in [0.05, 0.1) is 6.61 Å². The van der Waals surface area contributed by atoms with E-state index in [4.69, 9.17) is 5.11 Å². The highest BCUT2D eigenvalue weighted by atomic mass is 16.3. The molecular weight excluding hydrogens is 222 g/mol. The van der Waals surface area contributed by atoms with Gasteiger partial charge in [0, 0.05) is 12.6 Å². The van der Waals surface area contributed by atoms with Crippen LogP contribution in [0.5, 0.6) is 0 Å². The Hall–Kier alpha value is -0.860. The van der Waals surface area contributed by atoms with Crippen LogP contribution in [-0.4, -0.2) is 11.1 Å². The van der Waals surface area contributed by atoms with Gasteiger partial charge in [-0.15, -0.1) is 0 Å². The van der Waals surface area contributed by atoms with Gasteiger partial charge < -0.3 is 10.4 Å². The molecule has 2 nitrogen and oxygen atoms in total. The molecule has 2 heteroatoms. The third-order valence-corrected chi connectivity index (χ3v) is 3.65. The molecule has 18 heavy (non-hydrogen) atoms. The van der Waals surface area contributed by atoms with Crippen molar-refractivity contribution in [3.05, 3.63) is 35.4 Å². The van der Waals surface area contributed by atoms with E-state index in [1.165, 1.54) is 24.8 Å². The molecule has 0 aliphatic rings. The molecule has 0 fully saturated rings. The summed E-state index contributed by atoms with van der Waals surface area (Å²) in [7, 11) is 0. The van der Waals surface area contributed by atoms with Crippen molar-refractivity contribution in [1.82, 2.24) is 5.32 Å². The number of aliphatic hydroxyl groups excluding tert-OH is 1. The first-order valence-corrected chi connectivity index (χ1v) is 7.11. The van der Waals surface area contributed by atoms with E-state index in [2.05, 4.69) is 38.2 Å². The molecule has 0 bridgehead atoms. The molecule has 0 saturated carbocycles. The third-order valence-electron chi connectivity index (χ3n) is 3.65. The molecule has 1 rings (SSSR count). The second kappa shape index (κ2) is 8.28. The summed E-state index contributed by atoms with van der Waals surface area (Å²) < 4.78 is 0. The Morgan fingerprint density at radius 2 is 1.89 bits per heavy atom. The van der Waals surface area contributed by atoms with Crippen LogP contribution in [0.1, 0.15) is 51.2 Å². The molecule has 1 aromatic carbocycles. The molecule has 0 aliphatic heterocycles. The van der Waals surface area contributed by atoms with Crippen molar-refractivity contribution in [2.75, 3.05) is 0 Å². The van der Waals surface area contributed by atoms with E-state index in [0.717, 1.165) is 18.0 Å². The lowest BCUT2D eigenvalue weighted by molar-refractivity contribution is 0.281. The molecule has 102 valence electrons. The van der Waals surface area contributed by atoms with Crippen molar-refractivity contribution >= 4 is 0 Å². The van der Waals surface area contributed by atoms with Gasteiger partial charge in [-0.2, -0.15) is 0 Å². The van der Waals surface area contributed by atoms with Gasteiger partial charge in [0.15, 0.2) is 0 Å². The van der Waals surface area contributed by atoms with Crippen LogP contribution in [0.3, 0.4) is 0 Å². The van der Waals surface area contributed by atoms with Crippen molar-refractivity contribution in [2.45, 2.75) is 59.2 Å². The van der Waals surface area contributed by atoms with E-state index in [-0.39, 0.29) is 6.61 Å². The van der Waals surface area contributed by atoms with E-state index in [1.807, 2.05) is 12.1 Å². The van der Waals surface area contributed by atoms with Crippen molar-refractivity contribution in [3.63, 3.8) is 0 Å². The molecule has 2 unspecified atom stereocenters. The zero-order valence-corrected chi connectivity index (χ0v) is 11.9. The summed E-state index contributed by atoms with van der Waals surface area (Å²) in [5.74, 6) is 0.784. The van der Waals surface area contributed by atoms with Crippen LogP contribution >= 0.6 is 0 Å². The Morgan fingerprint density at radius 3 is 2.50 bits per heavy atom. The molecule has 0 radical (unpaired) electrons. The minimum Gasteiger partial charge on any atom is -0.392 e. The van der Waals surface area contributed by atoms with E-state index in [0.29, 0.717) is 6.04 Å². The van der Waals surface area contributed by atoms with E-state index < -0.39 is 0 Å². The lowest BCUT2D eigenvalue weighted by Crippen LogP contribution is -2.29. The summed E-state index contributed by atoms with van der Waals surface area (Å²) in [6.45, 7) is 7.82. The predicted octanol–water partition coefficient (Wildman–Crippen LogP) is 3.48. The summed E-state index contributed by atoms with van der Waals surface area (Å²) in [5, 5.41) is 12.7. The van der Waals surface area contributed by atoms with Gasteiger partial charge in [0.2, 0.25) is 0 Å². The lowest BCUT2D eigenvalue weighted by atomic mass is 9.97. The predicted molar refractivity (Wildman–Crippen MR) is 77.4 cm³/mol. The summed E-state index contributed by atoms with van der Waals surface area (Å²) in [4.78, 5) is 0. The molecular formula is C16H27NO. The summed E-state index contributed by atoms with van der Waals surface area (Å²) in [5.41, 5.74) is 2.24. The first-order valence-electron chi connectivity index (χ1n) is 7.11. The van der Waals surface area contributed by atoms with E-state index >= 15 is 0 Å². The second-order valence-corrected chi connectivity index (χ2v) is 5.21. The maximum absolute atomic E-state index is 9.12. The maximum Gasteiger partial charge on any atom is 0.0681 e. The van der Waals surface area contributed by atoms with Crippen LogP contribution in [0.15, 0.2) is 24.3 Å². The molecule has 2 atom stereocenters. The molecule has 0 saturated heterocycles. The van der Waals surface area contributed by atoms with Gasteiger partial charge in [-0.1, -0.05) is 51.5 Å². The smallest absolute Gasteiger partial charge is 0.0681 e. The highest BCUT2D eigenvalue weighted by molar-refractivity contribution is 5.22. The minimum atomic E-state index is 0.123. The fourth-order valence-electron chi connectivity index (χ4n) is 2.15. The minimum absolute atomic E-state index is 0.123. The number of aliphatic hydroxyl groups is 1. The van der Waals surface area contributed by atoms with Gasteiger partial charge in [-0.3, -0.25) is 0 Å². The van der Waals surface area contributed by atoms with E-state index in [1.54, 1.807) is 0 Å². The van der Waals surface area contributed by atoms with Crippen LogP contribution in [0.4, 0.5) is 0 Å². The Balaban J connectivity index is 2.46. The molecule has 2 N–H and O–H groups in total. The SMILES string of the molecule is CCC(C)CC(CC)NCc1cccc(CO)c1. The average molecular weight is 249 g/mol. The Labute approximate surface area is 111 Å². The van der Waals surface area contributed by atoms with Crippen molar-refractivity contribution in [1.29, 1.82) is 0 Å². The number of hydrogen-bond acceptors (Lipinski definition) is 2. The summed E-state index contributed by atoms with van der Waals surface area (Å²) >= 11 is 0. The Bertz CT molecular complexity index is 338.